The number of carbonyl (C=O) groups excluding carboxylic acids is 4. The van der Waals surface area contributed by atoms with Gasteiger partial charge in [0.2, 0.25) is 5.91 Å². The Hall–Kier alpha value is -7.16. The maximum Gasteiger partial charge on any atom is 0.313 e. The second-order valence-corrected chi connectivity index (χ2v) is 26.3. The van der Waals surface area contributed by atoms with E-state index in [4.69, 9.17) is 61.6 Å². The van der Waals surface area contributed by atoms with Crippen molar-refractivity contribution >= 4 is 23.8 Å². The van der Waals surface area contributed by atoms with Crippen LogP contribution in [0.15, 0.2) is 164 Å². The van der Waals surface area contributed by atoms with Gasteiger partial charge in [-0.15, -0.1) is 0 Å². The van der Waals surface area contributed by atoms with Crippen molar-refractivity contribution in [3.63, 3.8) is 0 Å². The summed E-state index contributed by atoms with van der Waals surface area (Å²) in [5, 5.41) is 50.8. The molecular formula is C77H101NO21. The second kappa shape index (κ2) is 38.0. The van der Waals surface area contributed by atoms with Crippen molar-refractivity contribution < 1.29 is 101 Å². The van der Waals surface area contributed by atoms with Gasteiger partial charge in [0.25, 0.3) is 0 Å². The molecule has 6 bridgehead atoms. The van der Waals surface area contributed by atoms with Gasteiger partial charge in [0, 0.05) is 62.2 Å². The summed E-state index contributed by atoms with van der Waals surface area (Å²) in [5.41, 5.74) is 2.00. The van der Waals surface area contributed by atoms with Crippen LogP contribution in [0.3, 0.4) is 0 Å². The number of benzene rings is 3. The minimum absolute atomic E-state index is 0.0458. The van der Waals surface area contributed by atoms with Crippen LogP contribution >= 0.6 is 0 Å². The molecular weight excluding hydrogens is 1270 g/mol. The average Bonchev–Trinajstić information content (AvgIpc) is 0.775. The molecule has 0 aliphatic carbocycles. The van der Waals surface area contributed by atoms with Crippen LogP contribution in [-0.2, 0) is 77.7 Å². The van der Waals surface area contributed by atoms with Crippen LogP contribution in [0.1, 0.15) is 122 Å². The lowest BCUT2D eigenvalue weighted by molar-refractivity contribution is -0.333. The number of methoxy groups -OCH3 is 4. The molecule has 3 aromatic rings. The predicted molar refractivity (Wildman–Crippen MR) is 366 cm³/mol. The zero-order valence-electron chi connectivity index (χ0n) is 58.3. The number of aliphatic hydroxyl groups excluding tert-OH is 4. The topological polar surface area (TPSA) is 281 Å². The summed E-state index contributed by atoms with van der Waals surface area (Å²) < 4.78 is 81.5. The lowest BCUT2D eigenvalue weighted by atomic mass is 9.82. The van der Waals surface area contributed by atoms with Crippen molar-refractivity contribution in [3.8, 4) is 11.5 Å². The monoisotopic (exact) mass is 1380 g/mol. The molecule has 0 aromatic heterocycles. The minimum atomic E-state index is -1.68. The van der Waals surface area contributed by atoms with Crippen LogP contribution in [0.4, 0.5) is 0 Å². The lowest BCUT2D eigenvalue weighted by Crippen LogP contribution is -2.65. The van der Waals surface area contributed by atoms with E-state index >= 15 is 0 Å². The first-order valence-electron chi connectivity index (χ1n) is 34.2. The number of ether oxygens (including phenoxy) is 13. The quantitative estimate of drug-likeness (QED) is 0.0786. The van der Waals surface area contributed by atoms with Crippen molar-refractivity contribution in [1.29, 1.82) is 0 Å². The fourth-order valence-corrected chi connectivity index (χ4v) is 12.8. The molecule has 22 heteroatoms. The molecule has 21 atom stereocenters. The fourth-order valence-electron chi connectivity index (χ4n) is 12.8. The molecule has 5 aliphatic rings. The van der Waals surface area contributed by atoms with Crippen molar-refractivity contribution in [3.05, 3.63) is 181 Å². The van der Waals surface area contributed by atoms with E-state index < -0.39 is 152 Å². The zero-order chi connectivity index (χ0) is 71.2. The van der Waals surface area contributed by atoms with Gasteiger partial charge in [-0.1, -0.05) is 167 Å². The number of amides is 1. The standard InChI is InChI=1S/C77H101NO21/c1-47(2)72(85)98-71-68(78-65(81)40-52-27-23-21-24-28-52)70(84)51(6)92-76(71)94-57-29-25-20-18-16-14-12-11-13-15-17-19-22-26-48(3)69(83)49(4)50(5)91-66(82)44-59-41-58(93-74(95-59)53-30-34-55(87-7)35-31-53)38-39-61(79)63-43-60(96-75(97-63)54-32-36-56(88-8)37-33-54)45-77(90-10)46-62(80)67(73(86)89-9)64(42-57)99-77/h11-37,47-51,57-64,67-71,74-76,79-80,83-84H,38-46H2,1-10H3,(H,78,81)/b12-11+,15-13+,16-14+,19-17+,20-18+,26-22+,29-25+/t48-,49-,50-,51+,57-,58+,59+,60-,61+,62-,63+,64-,67+,68-,69+,70+,71-,74?,75?,76-,77+/m0/s1. The summed E-state index contributed by atoms with van der Waals surface area (Å²) in [7, 11) is 5.76. The summed E-state index contributed by atoms with van der Waals surface area (Å²) in [4.78, 5) is 55.3. The highest BCUT2D eigenvalue weighted by molar-refractivity contribution is 5.79. The van der Waals surface area contributed by atoms with E-state index in [0.717, 1.165) is 0 Å². The van der Waals surface area contributed by atoms with Gasteiger partial charge in [0.1, 0.15) is 29.6 Å². The van der Waals surface area contributed by atoms with E-state index in [9.17, 15) is 39.6 Å². The van der Waals surface area contributed by atoms with E-state index in [0.29, 0.717) is 34.6 Å². The number of allylic oxidation sites excluding steroid dienone is 12. The number of fused-ring (bicyclic) bond motifs is 6. The van der Waals surface area contributed by atoms with E-state index in [-0.39, 0.29) is 57.3 Å². The summed E-state index contributed by atoms with van der Waals surface area (Å²) in [5.74, 6) is -5.51. The van der Waals surface area contributed by atoms with Gasteiger partial charge in [-0.3, -0.25) is 19.2 Å². The third kappa shape index (κ3) is 22.4. The van der Waals surface area contributed by atoms with Gasteiger partial charge in [-0.25, -0.2) is 0 Å². The van der Waals surface area contributed by atoms with Gasteiger partial charge in [0.05, 0.1) is 107 Å². The molecule has 5 aliphatic heterocycles. The van der Waals surface area contributed by atoms with Gasteiger partial charge < -0.3 is 87.3 Å². The Kier molecular flexibility index (Phi) is 29.8. The fraction of sp³-hybridized carbons (Fsp3) is 0.532. The van der Waals surface area contributed by atoms with Crippen LogP contribution in [0.25, 0.3) is 0 Å². The van der Waals surface area contributed by atoms with Gasteiger partial charge in [0.15, 0.2) is 30.8 Å². The average molecular weight is 1380 g/mol. The third-order valence-electron chi connectivity index (χ3n) is 18.7. The molecule has 4 saturated heterocycles. The Morgan fingerprint density at radius 1 is 0.606 bits per heavy atom. The molecule has 0 saturated carbocycles. The number of cyclic esters (lactones) is 1. The molecule has 2 unspecified atom stereocenters. The van der Waals surface area contributed by atoms with E-state index in [1.807, 2.05) is 86.7 Å². The van der Waals surface area contributed by atoms with Crippen LogP contribution in [0.2, 0.25) is 0 Å². The Bertz CT molecular complexity index is 3240. The first-order chi connectivity index (χ1) is 47.6. The molecule has 8 rings (SSSR count). The maximum atomic E-state index is 14.1. The van der Waals surface area contributed by atoms with Gasteiger partial charge in [-0.2, -0.15) is 0 Å². The third-order valence-corrected chi connectivity index (χ3v) is 18.7. The molecule has 3 aromatic carbocycles. The highest BCUT2D eigenvalue weighted by atomic mass is 16.7. The van der Waals surface area contributed by atoms with E-state index in [1.165, 1.54) is 14.2 Å². The maximum absolute atomic E-state index is 14.1. The molecule has 0 spiro atoms. The van der Waals surface area contributed by atoms with Crippen molar-refractivity contribution in [2.24, 2.45) is 23.7 Å². The SMILES string of the molecule is COC(=O)[C@H]1[C@@H]2C[C@@H](O[C@@H]3O[C@H](C)[C@@H](O)[C@H](NC(=O)Cc4ccccc4)[C@@H]3OC(=O)C(C)C)/C=C/C=C/C=C/C=C/C=C/C=C/C=C/[C@H](C)[C@@H](O)[C@@H](C)[C@H](C)OC(=O)C[C@H]3C[C@@H](CC[C@@H](O)[C@H]4C[C@@H](C[C@](OC)(C[C@@H]1O)O2)OC(c1ccc(OC)cc1)O4)OC(c1ccc(OC)cc1)O3. The Morgan fingerprint density at radius 3 is 1.77 bits per heavy atom. The lowest BCUT2D eigenvalue weighted by Gasteiger charge is -2.48. The summed E-state index contributed by atoms with van der Waals surface area (Å²) in [6.45, 7) is 10.4. The summed E-state index contributed by atoms with van der Waals surface area (Å²) in [6.07, 6.45) is 9.29. The normalized spacial score (nSPS) is 36.3. The molecule has 0 radical (unpaired) electrons. The number of carbonyl (C=O) groups is 4. The number of rotatable bonds is 13. The zero-order valence-corrected chi connectivity index (χ0v) is 58.3. The first kappa shape index (κ1) is 77.6. The first-order valence-corrected chi connectivity index (χ1v) is 34.2. The van der Waals surface area contributed by atoms with E-state index in [2.05, 4.69) is 5.32 Å². The summed E-state index contributed by atoms with van der Waals surface area (Å²) in [6, 6.07) is 22.2. The number of aliphatic hydroxyl groups is 4. The van der Waals surface area contributed by atoms with Crippen LogP contribution in [0.5, 0.6) is 11.5 Å². The van der Waals surface area contributed by atoms with Crippen LogP contribution in [0, 0.1) is 23.7 Å². The molecule has 5 N–H and O–H groups in total. The van der Waals surface area contributed by atoms with Crippen molar-refractivity contribution in [1.82, 2.24) is 5.32 Å². The van der Waals surface area contributed by atoms with Crippen LogP contribution < -0.4 is 14.8 Å². The molecule has 22 nitrogen and oxygen atoms in total. The Labute approximate surface area is 581 Å². The second-order valence-electron chi connectivity index (χ2n) is 26.3. The Morgan fingerprint density at radius 2 is 1.18 bits per heavy atom. The molecule has 540 valence electrons. The van der Waals surface area contributed by atoms with Gasteiger partial charge in [-0.05, 0) is 56.5 Å². The number of nitrogens with one attached hydrogen (secondary N) is 1. The Balaban J connectivity index is 1.13. The predicted octanol–water partition coefficient (Wildman–Crippen LogP) is 9.60. The highest BCUT2D eigenvalue weighted by Gasteiger charge is 2.54. The number of esters is 3. The van der Waals surface area contributed by atoms with Gasteiger partial charge >= 0.3 is 17.9 Å². The van der Waals surface area contributed by atoms with Crippen LogP contribution in [-0.4, -0.2) is 170 Å². The molecule has 1 amide bonds. The number of hydrogen-bond acceptors (Lipinski definition) is 21. The molecule has 5 heterocycles. The van der Waals surface area contributed by atoms with Crippen molar-refractivity contribution in [2.45, 2.75) is 209 Å². The smallest absolute Gasteiger partial charge is 0.313 e. The largest absolute Gasteiger partial charge is 0.497 e. The molecule has 4 fully saturated rings. The molecule has 99 heavy (non-hydrogen) atoms. The number of hydrogen-bond donors (Lipinski definition) is 5. The minimum Gasteiger partial charge on any atom is -0.497 e. The van der Waals surface area contributed by atoms with E-state index in [1.54, 1.807) is 133 Å². The highest BCUT2D eigenvalue weighted by Crippen LogP contribution is 2.44. The summed E-state index contributed by atoms with van der Waals surface area (Å²) >= 11 is 0. The van der Waals surface area contributed by atoms with Crippen molar-refractivity contribution in [2.75, 3.05) is 28.4 Å².